The van der Waals surface area contributed by atoms with E-state index < -0.39 is 10.0 Å². The molecular formula is C30H56B2N2O6S. The van der Waals surface area contributed by atoms with Crippen LogP contribution in [0.4, 0.5) is 0 Å². The highest BCUT2D eigenvalue weighted by Crippen LogP contribution is 2.50. The molecule has 0 aromatic heterocycles. The van der Waals surface area contributed by atoms with Gasteiger partial charge in [-0.3, -0.25) is 0 Å². The fraction of sp³-hybridized carbons (Fsp3) is 0.767. The third-order valence-corrected chi connectivity index (χ3v) is 9.32. The summed E-state index contributed by atoms with van der Waals surface area (Å²) in [5, 5.41) is 3.75. The van der Waals surface area contributed by atoms with Crippen molar-refractivity contribution in [2.75, 3.05) is 0 Å². The predicted molar refractivity (Wildman–Crippen MR) is 172 cm³/mol. The van der Waals surface area contributed by atoms with E-state index in [0.717, 1.165) is 5.56 Å². The molecule has 0 amide bonds. The lowest BCUT2D eigenvalue weighted by Gasteiger charge is -2.33. The zero-order chi connectivity index (χ0) is 31.2. The van der Waals surface area contributed by atoms with Crippen molar-refractivity contribution in [3.05, 3.63) is 29.8 Å². The molecular weight excluding hydrogens is 538 g/mol. The van der Waals surface area contributed by atoms with E-state index in [-0.39, 0.29) is 65.5 Å². The average Bonchev–Trinajstić information content (AvgIpc) is 3.05. The summed E-state index contributed by atoms with van der Waals surface area (Å²) in [4.78, 5) is 2.41. The summed E-state index contributed by atoms with van der Waals surface area (Å²) in [6.07, 6.45) is 1.57. The van der Waals surface area contributed by atoms with Crippen LogP contribution in [0.15, 0.2) is 34.3 Å². The molecule has 41 heavy (non-hydrogen) atoms. The number of rotatable bonds is 5. The molecule has 2 saturated heterocycles. The number of nitrogens with zero attached hydrogens (tertiary/aromatic N) is 1. The highest BCUT2D eigenvalue weighted by atomic mass is 32.2. The van der Waals surface area contributed by atoms with E-state index in [4.69, 9.17) is 18.6 Å². The quantitative estimate of drug-likeness (QED) is 0.223. The lowest BCUT2D eigenvalue weighted by Crippen LogP contribution is -2.45. The van der Waals surface area contributed by atoms with Crippen molar-refractivity contribution in [2.24, 2.45) is 15.9 Å². The van der Waals surface area contributed by atoms with Gasteiger partial charge in [0.15, 0.2) is 0 Å². The molecule has 1 N–H and O–H groups in total. The molecule has 11 heteroatoms. The molecule has 2 heterocycles. The molecule has 1 aromatic carbocycles. The van der Waals surface area contributed by atoms with E-state index in [1.807, 2.05) is 27.7 Å². The van der Waals surface area contributed by atoms with E-state index >= 15 is 0 Å². The molecule has 2 fully saturated rings. The first kappa shape index (κ1) is 37.6. The minimum atomic E-state index is -3.55. The largest absolute Gasteiger partial charge is 0.459 e. The van der Waals surface area contributed by atoms with E-state index in [2.05, 4.69) is 86.1 Å². The molecule has 0 bridgehead atoms. The Kier molecular flexibility index (Phi) is 11.3. The smallest absolute Gasteiger partial charge is 0.403 e. The second-order valence-corrected chi connectivity index (χ2v) is 16.8. The topological polar surface area (TPSA) is 95.5 Å². The summed E-state index contributed by atoms with van der Waals surface area (Å²) < 4.78 is 48.9. The Labute approximate surface area is 252 Å². The minimum absolute atomic E-state index is 0. The number of benzene rings is 1. The van der Waals surface area contributed by atoms with Gasteiger partial charge in [0.2, 0.25) is 0 Å². The molecule has 2 aliphatic heterocycles. The Hall–Kier alpha value is -1.39. The molecule has 2 aliphatic rings. The maximum absolute atomic E-state index is 11.8. The van der Waals surface area contributed by atoms with Crippen molar-refractivity contribution in [1.29, 1.82) is 0 Å². The van der Waals surface area contributed by atoms with Gasteiger partial charge in [-0.1, -0.05) is 66.7 Å². The summed E-state index contributed by atoms with van der Waals surface area (Å²) in [7, 11) is -4.25. The van der Waals surface area contributed by atoms with Crippen molar-refractivity contribution in [1.82, 2.24) is 4.83 Å². The monoisotopic (exact) mass is 594 g/mol. The maximum atomic E-state index is 11.8. The van der Waals surface area contributed by atoms with Crippen molar-refractivity contribution < 1.29 is 27.0 Å². The van der Waals surface area contributed by atoms with Crippen LogP contribution in [-0.4, -0.2) is 51.3 Å². The summed E-state index contributed by atoms with van der Waals surface area (Å²) in [5.74, 6) is 0. The number of hydrogen-bond acceptors (Lipinski definition) is 7. The second-order valence-electron chi connectivity index (χ2n) is 15.2. The first-order valence-electron chi connectivity index (χ1n) is 14.0. The molecule has 0 saturated carbocycles. The fourth-order valence-electron chi connectivity index (χ4n) is 4.07. The first-order chi connectivity index (χ1) is 17.7. The third-order valence-electron chi connectivity index (χ3n) is 8.09. The Morgan fingerprint density at radius 3 is 1.39 bits per heavy atom. The van der Waals surface area contributed by atoms with E-state index in [0.29, 0.717) is 0 Å². The van der Waals surface area contributed by atoms with Gasteiger partial charge in [0.1, 0.15) is 0 Å². The van der Waals surface area contributed by atoms with E-state index in [1.54, 1.807) is 30.5 Å². The zero-order valence-electron chi connectivity index (χ0n) is 27.4. The molecule has 0 unspecified atom stereocenters. The molecule has 0 radical (unpaired) electrons. The van der Waals surface area contributed by atoms with Crippen LogP contribution >= 0.6 is 0 Å². The van der Waals surface area contributed by atoms with Crippen molar-refractivity contribution >= 4 is 30.5 Å². The molecule has 8 nitrogen and oxygen atoms in total. The van der Waals surface area contributed by atoms with Crippen molar-refractivity contribution in [2.45, 2.75) is 144 Å². The molecule has 3 rings (SSSR count). The van der Waals surface area contributed by atoms with Crippen molar-refractivity contribution in [3.8, 4) is 0 Å². The zero-order valence-corrected chi connectivity index (χ0v) is 28.2. The van der Waals surface area contributed by atoms with Gasteiger partial charge in [-0.15, -0.1) is 0 Å². The Morgan fingerprint density at radius 2 is 1.10 bits per heavy atom. The average molecular weight is 594 g/mol. The van der Waals surface area contributed by atoms with Gasteiger partial charge in [0.05, 0.1) is 27.3 Å². The third kappa shape index (κ3) is 9.30. The minimum Gasteiger partial charge on any atom is -0.403 e. The van der Waals surface area contributed by atoms with E-state index in [9.17, 15) is 8.42 Å². The number of sulfonamides is 1. The lowest BCUT2D eigenvalue weighted by atomic mass is 9.43. The van der Waals surface area contributed by atoms with Crippen LogP contribution < -0.4 is 4.83 Å². The predicted octanol–water partition coefficient (Wildman–Crippen LogP) is 7.07. The standard InChI is InChI=1S/C17H34B2O4.C12H18N2O2S.CH4/c1-13(2,3)12(18-20-14(4,5)15(6,7)21-18)19-22-16(8,9)17(10,11)23-19;1-10-5-7-11(8-6-10)17(15,16)14-13-9-12(2,3)4;/h12H,1-11H3;5-9,14H,1-4H3;1H4/b;13-9-;. The summed E-state index contributed by atoms with van der Waals surface area (Å²) in [5.41, 5.74) is -0.671. The first-order valence-corrected chi connectivity index (χ1v) is 15.5. The van der Waals surface area contributed by atoms with Crippen LogP contribution in [0.25, 0.3) is 0 Å². The molecule has 1 aromatic rings. The Morgan fingerprint density at radius 1 is 0.756 bits per heavy atom. The number of hydrazone groups is 1. The van der Waals surface area contributed by atoms with Gasteiger partial charge < -0.3 is 18.6 Å². The van der Waals surface area contributed by atoms with E-state index in [1.165, 1.54) is 0 Å². The molecule has 0 aliphatic carbocycles. The maximum Gasteiger partial charge on any atom is 0.459 e. The Bertz CT molecular complexity index is 1080. The second kappa shape index (κ2) is 12.3. The molecule has 0 atom stereocenters. The van der Waals surface area contributed by atoms with Gasteiger partial charge in [0.25, 0.3) is 10.0 Å². The molecule has 234 valence electrons. The summed E-state index contributed by atoms with van der Waals surface area (Å²) >= 11 is 0. The normalized spacial score (nSPS) is 21.5. The van der Waals surface area contributed by atoms with Crippen LogP contribution in [0, 0.1) is 17.8 Å². The number of hydrogen-bond donors (Lipinski definition) is 1. The summed E-state index contributed by atoms with van der Waals surface area (Å²) in [6.45, 7) is 30.9. The van der Waals surface area contributed by atoms with Crippen LogP contribution in [0.5, 0.6) is 0 Å². The van der Waals surface area contributed by atoms with Crippen LogP contribution in [0.1, 0.15) is 110 Å². The van der Waals surface area contributed by atoms with Crippen LogP contribution in [0.3, 0.4) is 0 Å². The van der Waals surface area contributed by atoms with Crippen LogP contribution in [-0.2, 0) is 28.6 Å². The Balaban J connectivity index is 0.000000419. The number of aryl methyl sites for hydroxylation is 1. The van der Waals surface area contributed by atoms with Gasteiger partial charge in [-0.05, 0) is 85.3 Å². The van der Waals surface area contributed by atoms with Gasteiger partial charge in [-0.25, -0.2) is 4.83 Å². The van der Waals surface area contributed by atoms with Crippen molar-refractivity contribution in [3.63, 3.8) is 0 Å². The highest BCUT2D eigenvalue weighted by Gasteiger charge is 2.64. The lowest BCUT2D eigenvalue weighted by molar-refractivity contribution is 0.00578. The molecule has 0 spiro atoms. The summed E-state index contributed by atoms with van der Waals surface area (Å²) in [6, 6.07) is 6.62. The fourth-order valence-corrected chi connectivity index (χ4v) is 4.87. The number of nitrogens with one attached hydrogen (secondary N) is 1. The highest BCUT2D eigenvalue weighted by molar-refractivity contribution is 7.89. The SMILES string of the molecule is C.CC(C)(C)C(B1OC(C)(C)C(C)(C)O1)B1OC(C)(C)C(C)(C)O1.Cc1ccc(S(=O)(=O)N/N=C\C(C)(C)C)cc1. The van der Waals surface area contributed by atoms with Gasteiger partial charge in [0, 0.05) is 11.9 Å². The van der Waals surface area contributed by atoms with Crippen LogP contribution in [0.2, 0.25) is 5.72 Å². The van der Waals surface area contributed by atoms with Gasteiger partial charge >= 0.3 is 14.2 Å². The van der Waals surface area contributed by atoms with Gasteiger partial charge in [-0.2, -0.15) is 13.5 Å².